The Morgan fingerprint density at radius 3 is 2.63 bits per heavy atom. The summed E-state index contributed by atoms with van der Waals surface area (Å²) in [7, 11) is 0. The molecule has 0 heterocycles. The molecule has 0 aliphatic heterocycles. The van der Waals surface area contributed by atoms with E-state index < -0.39 is 5.82 Å². The van der Waals surface area contributed by atoms with Crippen molar-refractivity contribution in [1.29, 1.82) is 0 Å². The second-order valence-electron chi connectivity index (χ2n) is 4.07. The number of nitrogens with one attached hydrogen (secondary N) is 1. The molecule has 1 N–H and O–H groups in total. The highest BCUT2D eigenvalue weighted by molar-refractivity contribution is 9.10. The Morgan fingerprint density at radius 2 is 2.00 bits per heavy atom. The van der Waals surface area contributed by atoms with E-state index in [1.807, 2.05) is 19.1 Å². The van der Waals surface area contributed by atoms with Crippen molar-refractivity contribution in [2.24, 2.45) is 0 Å². The van der Waals surface area contributed by atoms with E-state index in [0.717, 1.165) is 10.0 Å². The van der Waals surface area contributed by atoms with E-state index in [1.54, 1.807) is 6.07 Å². The van der Waals surface area contributed by atoms with Crippen LogP contribution in [0.5, 0.6) is 0 Å². The van der Waals surface area contributed by atoms with E-state index in [2.05, 4.69) is 21.2 Å². The zero-order valence-corrected chi connectivity index (χ0v) is 12.3. The first-order valence-electron chi connectivity index (χ1n) is 5.50. The molecule has 98 valence electrons. The molecule has 0 fully saturated rings. The second-order valence-corrected chi connectivity index (χ2v) is 5.33. The van der Waals surface area contributed by atoms with Crippen LogP contribution in [0.1, 0.15) is 15.9 Å². The summed E-state index contributed by atoms with van der Waals surface area (Å²) in [6, 6.07) is 9.43. The number of aryl methyl sites for hydroxylation is 1. The van der Waals surface area contributed by atoms with Gasteiger partial charge in [-0.2, -0.15) is 0 Å². The summed E-state index contributed by atoms with van der Waals surface area (Å²) in [4.78, 5) is 12.0. The molecule has 0 saturated heterocycles. The van der Waals surface area contributed by atoms with Crippen LogP contribution in [0, 0.1) is 12.7 Å². The van der Waals surface area contributed by atoms with Crippen LogP contribution in [0.3, 0.4) is 0 Å². The van der Waals surface area contributed by atoms with E-state index in [9.17, 15) is 9.18 Å². The molecule has 0 saturated carbocycles. The van der Waals surface area contributed by atoms with Crippen LogP contribution in [0.15, 0.2) is 40.9 Å². The minimum absolute atomic E-state index is 0.0735. The predicted molar refractivity (Wildman–Crippen MR) is 78.2 cm³/mol. The van der Waals surface area contributed by atoms with Gasteiger partial charge in [0, 0.05) is 10.0 Å². The monoisotopic (exact) mass is 341 g/mol. The number of carbonyl (C=O) groups excluding carboxylic acids is 1. The lowest BCUT2D eigenvalue weighted by Gasteiger charge is -2.08. The third-order valence-corrected chi connectivity index (χ3v) is 3.50. The predicted octanol–water partition coefficient (Wildman–Crippen LogP) is 4.80. The van der Waals surface area contributed by atoms with Gasteiger partial charge in [-0.3, -0.25) is 4.79 Å². The fourth-order valence-electron chi connectivity index (χ4n) is 1.55. The van der Waals surface area contributed by atoms with Gasteiger partial charge in [-0.1, -0.05) is 17.7 Å². The fraction of sp³-hybridized carbons (Fsp3) is 0.0714. The Labute approximate surface area is 123 Å². The van der Waals surface area contributed by atoms with Crippen LogP contribution in [0.4, 0.5) is 10.1 Å². The van der Waals surface area contributed by atoms with Crippen LogP contribution >= 0.6 is 27.5 Å². The van der Waals surface area contributed by atoms with E-state index in [4.69, 9.17) is 11.6 Å². The molecule has 0 radical (unpaired) electrons. The van der Waals surface area contributed by atoms with Gasteiger partial charge in [-0.15, -0.1) is 0 Å². The molecule has 5 heteroatoms. The molecular formula is C14H10BrClFNO. The molecule has 0 aromatic heterocycles. The van der Waals surface area contributed by atoms with Gasteiger partial charge in [0.2, 0.25) is 0 Å². The van der Waals surface area contributed by atoms with Gasteiger partial charge in [0.1, 0.15) is 5.82 Å². The van der Waals surface area contributed by atoms with Crippen LogP contribution in [-0.4, -0.2) is 5.91 Å². The van der Waals surface area contributed by atoms with Gasteiger partial charge in [0.05, 0.1) is 10.7 Å². The largest absolute Gasteiger partial charge is 0.321 e. The maximum absolute atomic E-state index is 13.0. The third kappa shape index (κ3) is 3.33. The molecule has 0 unspecified atom stereocenters. The van der Waals surface area contributed by atoms with E-state index in [1.165, 1.54) is 18.2 Å². The summed E-state index contributed by atoms with van der Waals surface area (Å²) in [6.45, 7) is 1.95. The maximum atomic E-state index is 13.0. The minimum atomic E-state index is -0.547. The first kappa shape index (κ1) is 14.0. The van der Waals surface area contributed by atoms with Gasteiger partial charge < -0.3 is 5.32 Å². The van der Waals surface area contributed by atoms with E-state index >= 15 is 0 Å². The SMILES string of the molecule is Cc1ccc(NC(=O)c2ccc(F)c(Cl)c2)c(Br)c1. The Morgan fingerprint density at radius 1 is 1.26 bits per heavy atom. The first-order valence-corrected chi connectivity index (χ1v) is 6.67. The normalized spacial score (nSPS) is 10.3. The topological polar surface area (TPSA) is 29.1 Å². The molecule has 2 nitrogen and oxygen atoms in total. The third-order valence-electron chi connectivity index (χ3n) is 2.55. The summed E-state index contributed by atoms with van der Waals surface area (Å²) in [6.07, 6.45) is 0. The maximum Gasteiger partial charge on any atom is 0.255 e. The summed E-state index contributed by atoms with van der Waals surface area (Å²) in [5.41, 5.74) is 2.03. The molecule has 0 atom stereocenters. The van der Waals surface area contributed by atoms with Crippen molar-refractivity contribution in [3.05, 3.63) is 62.8 Å². The fourth-order valence-corrected chi connectivity index (χ4v) is 2.33. The Kier molecular flexibility index (Phi) is 4.22. The quantitative estimate of drug-likeness (QED) is 0.834. The molecule has 0 aliphatic carbocycles. The van der Waals surface area contributed by atoms with Crippen LogP contribution in [0.25, 0.3) is 0 Å². The summed E-state index contributed by atoms with van der Waals surface area (Å²) < 4.78 is 13.8. The number of amides is 1. The summed E-state index contributed by atoms with van der Waals surface area (Å²) in [5, 5.41) is 2.66. The number of hydrogen-bond acceptors (Lipinski definition) is 1. The number of anilines is 1. The summed E-state index contributed by atoms with van der Waals surface area (Å²) in [5.74, 6) is -0.888. The lowest BCUT2D eigenvalue weighted by Crippen LogP contribution is -2.12. The Bertz CT molecular complexity index is 645. The highest BCUT2D eigenvalue weighted by Gasteiger charge is 2.10. The van der Waals surface area contributed by atoms with Crippen molar-refractivity contribution in [3.8, 4) is 0 Å². The lowest BCUT2D eigenvalue weighted by atomic mass is 10.2. The molecule has 19 heavy (non-hydrogen) atoms. The average Bonchev–Trinajstić information content (AvgIpc) is 2.36. The van der Waals surface area contributed by atoms with Crippen molar-refractivity contribution < 1.29 is 9.18 Å². The van der Waals surface area contributed by atoms with Gasteiger partial charge in [0.15, 0.2) is 0 Å². The Balaban J connectivity index is 2.23. The Hall–Kier alpha value is -1.39. The van der Waals surface area contributed by atoms with Crippen LogP contribution < -0.4 is 5.32 Å². The van der Waals surface area contributed by atoms with Crippen molar-refractivity contribution >= 4 is 39.1 Å². The molecule has 0 spiro atoms. The van der Waals surface area contributed by atoms with Crippen LogP contribution in [-0.2, 0) is 0 Å². The minimum Gasteiger partial charge on any atom is -0.321 e. The number of carbonyl (C=O) groups is 1. The molecule has 2 aromatic carbocycles. The summed E-state index contributed by atoms with van der Waals surface area (Å²) >= 11 is 9.02. The van der Waals surface area contributed by atoms with Crippen molar-refractivity contribution in [3.63, 3.8) is 0 Å². The van der Waals surface area contributed by atoms with Crippen molar-refractivity contribution in [1.82, 2.24) is 0 Å². The van der Waals surface area contributed by atoms with Gasteiger partial charge >= 0.3 is 0 Å². The zero-order chi connectivity index (χ0) is 14.0. The molecule has 2 rings (SSSR count). The molecule has 0 bridgehead atoms. The highest BCUT2D eigenvalue weighted by atomic mass is 79.9. The number of benzene rings is 2. The van der Waals surface area contributed by atoms with E-state index in [0.29, 0.717) is 11.3 Å². The highest BCUT2D eigenvalue weighted by Crippen LogP contribution is 2.24. The number of halogens is 3. The first-order chi connectivity index (χ1) is 8.97. The molecule has 2 aromatic rings. The number of rotatable bonds is 2. The smallest absolute Gasteiger partial charge is 0.255 e. The van der Waals surface area contributed by atoms with Gasteiger partial charge in [-0.25, -0.2) is 4.39 Å². The molecule has 1 amide bonds. The van der Waals surface area contributed by atoms with Crippen LogP contribution in [0.2, 0.25) is 5.02 Å². The second kappa shape index (κ2) is 5.72. The zero-order valence-electron chi connectivity index (χ0n) is 10.0. The molecule has 0 aliphatic rings. The van der Waals surface area contributed by atoms with Crippen molar-refractivity contribution in [2.75, 3.05) is 5.32 Å². The molecular weight excluding hydrogens is 333 g/mol. The number of hydrogen-bond donors (Lipinski definition) is 1. The van der Waals surface area contributed by atoms with E-state index in [-0.39, 0.29) is 10.9 Å². The van der Waals surface area contributed by atoms with Gasteiger partial charge in [0.25, 0.3) is 5.91 Å². The average molecular weight is 343 g/mol. The standard InChI is InChI=1S/C14H10BrClFNO/c1-8-2-5-13(10(15)6-8)18-14(19)9-3-4-12(17)11(16)7-9/h2-7H,1H3,(H,18,19). The van der Waals surface area contributed by atoms with Crippen molar-refractivity contribution in [2.45, 2.75) is 6.92 Å². The lowest BCUT2D eigenvalue weighted by molar-refractivity contribution is 0.102. The van der Waals surface area contributed by atoms with Gasteiger partial charge in [-0.05, 0) is 58.7 Å².